The van der Waals surface area contributed by atoms with Gasteiger partial charge in [-0.2, -0.15) is 18.4 Å². The molecule has 26 heavy (non-hydrogen) atoms. The average molecular weight is 370 g/mol. The minimum absolute atomic E-state index is 0.0992. The molecule has 0 bridgehead atoms. The molecule has 138 valence electrons. The summed E-state index contributed by atoms with van der Waals surface area (Å²) >= 11 is 0. The topological polar surface area (TPSA) is 88.9 Å². The molecule has 0 aromatic heterocycles. The van der Waals surface area contributed by atoms with Crippen LogP contribution in [0.25, 0.3) is 0 Å². The maximum Gasteiger partial charge on any atom is 0.417 e. The van der Waals surface area contributed by atoms with Gasteiger partial charge in [-0.1, -0.05) is 0 Å². The number of anilines is 1. The van der Waals surface area contributed by atoms with Crippen LogP contribution in [0.4, 0.5) is 18.9 Å². The number of hydrogen-bond acceptors (Lipinski definition) is 7. The van der Waals surface area contributed by atoms with Crippen molar-refractivity contribution in [3.63, 3.8) is 0 Å². The third-order valence-electron chi connectivity index (χ3n) is 3.57. The van der Waals surface area contributed by atoms with Gasteiger partial charge in [0.1, 0.15) is 12.4 Å². The molecule has 2 rings (SSSR count). The maximum atomic E-state index is 13.2. The molecule has 1 heterocycles. The molecule has 0 atom stereocenters. The normalized spacial score (nSPS) is 14.7. The summed E-state index contributed by atoms with van der Waals surface area (Å²) in [6.45, 7) is -0.565. The summed E-state index contributed by atoms with van der Waals surface area (Å²) in [4.78, 5) is 25.1. The van der Waals surface area contributed by atoms with Crippen molar-refractivity contribution in [1.29, 1.82) is 5.26 Å². The van der Waals surface area contributed by atoms with Crippen LogP contribution in [0.2, 0.25) is 0 Å². The van der Waals surface area contributed by atoms with Crippen molar-refractivity contribution in [2.24, 2.45) is 0 Å². The summed E-state index contributed by atoms with van der Waals surface area (Å²) in [6.07, 6.45) is -4.78. The Morgan fingerprint density at radius 3 is 2.42 bits per heavy atom. The third kappa shape index (κ3) is 3.62. The van der Waals surface area contributed by atoms with Crippen LogP contribution in [0.15, 0.2) is 29.5 Å². The molecule has 0 radical (unpaired) electrons. The molecule has 0 spiro atoms. The van der Waals surface area contributed by atoms with Crippen molar-refractivity contribution in [3.05, 3.63) is 40.6 Å². The highest BCUT2D eigenvalue weighted by atomic mass is 19.4. The summed E-state index contributed by atoms with van der Waals surface area (Å²) in [5.74, 6) is -1.81. The van der Waals surface area contributed by atoms with E-state index >= 15 is 0 Å². The van der Waals surface area contributed by atoms with E-state index in [4.69, 9.17) is 10.00 Å². The number of carbonyl (C=O) groups is 2. The number of hydrogen-bond donors (Lipinski definition) is 0. The zero-order valence-electron chi connectivity index (χ0n) is 13.7. The number of rotatable bonds is 3. The number of ether oxygens (including phenoxy) is 3. The van der Waals surface area contributed by atoms with Crippen LogP contribution in [0.5, 0.6) is 0 Å². The van der Waals surface area contributed by atoms with E-state index in [1.807, 2.05) is 0 Å². The van der Waals surface area contributed by atoms with Crippen molar-refractivity contribution < 1.29 is 37.0 Å². The SMILES string of the molecule is COC(=O)C1=C(C(=O)OC)N(c2ccc(C#N)c(C(F)(F)F)c2)COC1. The minimum Gasteiger partial charge on any atom is -0.466 e. The Morgan fingerprint density at radius 2 is 1.88 bits per heavy atom. The minimum atomic E-state index is -4.78. The highest BCUT2D eigenvalue weighted by Crippen LogP contribution is 2.36. The highest BCUT2D eigenvalue weighted by molar-refractivity contribution is 6.03. The second kappa shape index (κ2) is 7.45. The smallest absolute Gasteiger partial charge is 0.417 e. The first-order chi connectivity index (χ1) is 12.2. The average Bonchev–Trinajstić information content (AvgIpc) is 2.64. The molecule has 1 aromatic carbocycles. The molecule has 0 fully saturated rings. The van der Waals surface area contributed by atoms with Crippen molar-refractivity contribution >= 4 is 17.6 Å². The van der Waals surface area contributed by atoms with Gasteiger partial charge in [0.2, 0.25) is 0 Å². The van der Waals surface area contributed by atoms with Crippen LogP contribution in [-0.4, -0.2) is 39.5 Å². The van der Waals surface area contributed by atoms with Crippen molar-refractivity contribution in [1.82, 2.24) is 0 Å². The molecule has 0 aliphatic carbocycles. The summed E-state index contributed by atoms with van der Waals surface area (Å²) in [5, 5.41) is 8.88. The van der Waals surface area contributed by atoms with E-state index in [-0.39, 0.29) is 30.3 Å². The number of halogens is 3. The van der Waals surface area contributed by atoms with Gasteiger partial charge in [-0.3, -0.25) is 0 Å². The third-order valence-corrected chi connectivity index (χ3v) is 3.57. The highest BCUT2D eigenvalue weighted by Gasteiger charge is 2.36. The van der Waals surface area contributed by atoms with Crippen LogP contribution in [0.1, 0.15) is 11.1 Å². The van der Waals surface area contributed by atoms with E-state index in [2.05, 4.69) is 9.47 Å². The van der Waals surface area contributed by atoms with Gasteiger partial charge in [-0.05, 0) is 18.2 Å². The number of benzene rings is 1. The second-order valence-electron chi connectivity index (χ2n) is 5.06. The predicted molar refractivity (Wildman–Crippen MR) is 80.5 cm³/mol. The van der Waals surface area contributed by atoms with Gasteiger partial charge >= 0.3 is 18.1 Å². The van der Waals surface area contributed by atoms with E-state index in [9.17, 15) is 22.8 Å². The lowest BCUT2D eigenvalue weighted by Crippen LogP contribution is -2.38. The molecular formula is C16H13F3N2O5. The first kappa shape index (κ1) is 19.3. The fourth-order valence-corrected chi connectivity index (χ4v) is 2.38. The zero-order valence-corrected chi connectivity index (χ0v) is 13.7. The van der Waals surface area contributed by atoms with E-state index < -0.39 is 29.2 Å². The zero-order chi connectivity index (χ0) is 19.5. The Hall–Kier alpha value is -3.06. The Bertz CT molecular complexity index is 811. The standard InChI is InChI=1S/C16H13F3N2O5/c1-24-14(22)11-7-26-8-21(13(11)15(23)25-2)10-4-3-9(6-20)12(5-10)16(17,18)19/h3-5H,7-8H2,1-2H3. The quantitative estimate of drug-likeness (QED) is 0.752. The van der Waals surface area contributed by atoms with Crippen LogP contribution < -0.4 is 4.90 Å². The molecule has 1 aliphatic heterocycles. The number of carbonyl (C=O) groups excluding carboxylic acids is 2. The van der Waals surface area contributed by atoms with Crippen LogP contribution in [0, 0.1) is 11.3 Å². The lowest BCUT2D eigenvalue weighted by atomic mass is 10.1. The van der Waals surface area contributed by atoms with Crippen molar-refractivity contribution in [3.8, 4) is 6.07 Å². The number of esters is 2. The Balaban J connectivity index is 2.64. The molecule has 10 heteroatoms. The largest absolute Gasteiger partial charge is 0.466 e. The van der Waals surface area contributed by atoms with E-state index in [1.165, 1.54) is 12.1 Å². The van der Waals surface area contributed by atoms with Crippen LogP contribution in [-0.2, 0) is 30.0 Å². The van der Waals surface area contributed by atoms with Gasteiger partial charge in [0.15, 0.2) is 0 Å². The second-order valence-corrected chi connectivity index (χ2v) is 5.06. The molecule has 1 aromatic rings. The van der Waals surface area contributed by atoms with E-state index in [0.29, 0.717) is 6.07 Å². The maximum absolute atomic E-state index is 13.2. The monoisotopic (exact) mass is 370 g/mol. The van der Waals surface area contributed by atoms with Gasteiger partial charge in [0.25, 0.3) is 0 Å². The number of nitriles is 1. The summed E-state index contributed by atoms with van der Waals surface area (Å²) < 4.78 is 54.0. The molecule has 0 saturated heterocycles. The Labute approximate surface area is 146 Å². The van der Waals surface area contributed by atoms with Gasteiger partial charge in [-0.15, -0.1) is 0 Å². The van der Waals surface area contributed by atoms with E-state index in [1.54, 1.807) is 0 Å². The molecule has 0 amide bonds. The Kier molecular flexibility index (Phi) is 5.52. The first-order valence-corrected chi connectivity index (χ1v) is 7.11. The molecular weight excluding hydrogens is 357 g/mol. The molecule has 0 N–H and O–H groups in total. The summed E-state index contributed by atoms with van der Waals surface area (Å²) in [5.41, 5.74) is -2.33. The number of methoxy groups -OCH3 is 2. The van der Waals surface area contributed by atoms with Gasteiger partial charge in [0.05, 0.1) is 43.6 Å². The van der Waals surface area contributed by atoms with Gasteiger partial charge < -0.3 is 19.1 Å². The van der Waals surface area contributed by atoms with Crippen molar-refractivity contribution in [2.45, 2.75) is 6.18 Å². The van der Waals surface area contributed by atoms with E-state index in [0.717, 1.165) is 25.2 Å². The number of nitrogens with zero attached hydrogens (tertiary/aromatic N) is 2. The Morgan fingerprint density at radius 1 is 1.23 bits per heavy atom. The fourth-order valence-electron chi connectivity index (χ4n) is 2.38. The molecule has 7 nitrogen and oxygen atoms in total. The summed E-state index contributed by atoms with van der Waals surface area (Å²) in [7, 11) is 2.16. The molecule has 0 saturated carbocycles. The fraction of sp³-hybridized carbons (Fsp3) is 0.312. The number of alkyl halides is 3. The predicted octanol–water partition coefficient (Wildman–Crippen LogP) is 1.97. The van der Waals surface area contributed by atoms with Gasteiger partial charge in [0, 0.05) is 5.69 Å². The molecule has 1 aliphatic rings. The lowest BCUT2D eigenvalue weighted by Gasteiger charge is -2.31. The first-order valence-electron chi connectivity index (χ1n) is 7.11. The molecule has 0 unspecified atom stereocenters. The van der Waals surface area contributed by atoms with Crippen LogP contribution >= 0.6 is 0 Å². The van der Waals surface area contributed by atoms with Crippen LogP contribution in [0.3, 0.4) is 0 Å². The summed E-state index contributed by atoms with van der Waals surface area (Å²) in [6, 6.07) is 4.35. The lowest BCUT2D eigenvalue weighted by molar-refractivity contribution is -0.140. The van der Waals surface area contributed by atoms with Gasteiger partial charge in [-0.25, -0.2) is 9.59 Å². The van der Waals surface area contributed by atoms with Crippen molar-refractivity contribution in [2.75, 3.05) is 32.5 Å².